The van der Waals surface area contributed by atoms with Gasteiger partial charge in [0.1, 0.15) is 0 Å². The number of benzene rings is 1. The topological polar surface area (TPSA) is 76.1 Å². The van der Waals surface area contributed by atoms with Crippen LogP contribution in [-0.2, 0) is 4.79 Å². The third kappa shape index (κ3) is 2.70. The number of rotatable bonds is 2. The van der Waals surface area contributed by atoms with Gasteiger partial charge in [-0.15, -0.1) is 0 Å². The van der Waals surface area contributed by atoms with Crippen LogP contribution >= 0.6 is 15.9 Å². The van der Waals surface area contributed by atoms with Gasteiger partial charge in [0.2, 0.25) is 6.79 Å². The molecule has 1 aromatic carbocycles. The van der Waals surface area contributed by atoms with Crippen LogP contribution in [-0.4, -0.2) is 41.8 Å². The van der Waals surface area contributed by atoms with E-state index < -0.39 is 11.9 Å². The molecule has 2 aliphatic rings. The summed E-state index contributed by atoms with van der Waals surface area (Å²) in [5.74, 6) is -0.396. The Morgan fingerprint density at radius 1 is 1.33 bits per heavy atom. The van der Waals surface area contributed by atoms with E-state index in [1.54, 1.807) is 17.0 Å². The first kappa shape index (κ1) is 14.2. The van der Waals surface area contributed by atoms with E-state index in [9.17, 15) is 9.59 Å². The summed E-state index contributed by atoms with van der Waals surface area (Å²) in [7, 11) is 0. The lowest BCUT2D eigenvalue weighted by Crippen LogP contribution is -2.42. The van der Waals surface area contributed by atoms with Crippen molar-refractivity contribution in [2.45, 2.75) is 12.8 Å². The summed E-state index contributed by atoms with van der Waals surface area (Å²) in [6.07, 6.45) is 1.32. The lowest BCUT2D eigenvalue weighted by atomic mass is 9.97. The number of piperidine rings is 1. The van der Waals surface area contributed by atoms with E-state index in [0.29, 0.717) is 40.9 Å². The zero-order valence-electron chi connectivity index (χ0n) is 11.2. The summed E-state index contributed by atoms with van der Waals surface area (Å²) >= 11 is 3.36. The Labute approximate surface area is 129 Å². The van der Waals surface area contributed by atoms with Crippen molar-refractivity contribution in [3.05, 3.63) is 22.2 Å². The Balaban J connectivity index is 1.82. The molecule has 112 valence electrons. The van der Waals surface area contributed by atoms with Crippen LogP contribution in [0.5, 0.6) is 11.5 Å². The minimum absolute atomic E-state index is 0.135. The molecule has 21 heavy (non-hydrogen) atoms. The highest BCUT2D eigenvalue weighted by atomic mass is 79.9. The summed E-state index contributed by atoms with van der Waals surface area (Å²) < 4.78 is 11.2. The van der Waals surface area contributed by atoms with Crippen LogP contribution in [0.4, 0.5) is 0 Å². The van der Waals surface area contributed by atoms with Crippen LogP contribution in [0.15, 0.2) is 16.6 Å². The SMILES string of the molecule is O=C(O)C1CCCN(C(=O)c2cc(Br)c3c(c2)OCO3)C1. The lowest BCUT2D eigenvalue weighted by Gasteiger charge is -2.30. The molecule has 0 spiro atoms. The predicted molar refractivity (Wildman–Crippen MR) is 76.5 cm³/mol. The lowest BCUT2D eigenvalue weighted by molar-refractivity contribution is -0.143. The number of ether oxygens (including phenoxy) is 2. The molecule has 1 amide bonds. The van der Waals surface area contributed by atoms with Crippen molar-refractivity contribution in [2.75, 3.05) is 19.9 Å². The highest BCUT2D eigenvalue weighted by Gasteiger charge is 2.30. The number of halogens is 1. The molecule has 0 aromatic heterocycles. The van der Waals surface area contributed by atoms with Gasteiger partial charge in [0.15, 0.2) is 11.5 Å². The largest absolute Gasteiger partial charge is 0.481 e. The minimum Gasteiger partial charge on any atom is -0.481 e. The van der Waals surface area contributed by atoms with Crippen molar-refractivity contribution in [2.24, 2.45) is 5.92 Å². The van der Waals surface area contributed by atoms with E-state index in [-0.39, 0.29) is 19.2 Å². The number of nitrogens with zero attached hydrogens (tertiary/aromatic N) is 1. The number of amides is 1. The maximum atomic E-state index is 12.5. The zero-order valence-corrected chi connectivity index (χ0v) is 12.8. The molecule has 1 fully saturated rings. The first-order valence-corrected chi connectivity index (χ1v) is 7.47. The highest BCUT2D eigenvalue weighted by molar-refractivity contribution is 9.10. The van der Waals surface area contributed by atoms with Crippen LogP contribution in [0.3, 0.4) is 0 Å². The number of carboxylic acids is 1. The average Bonchev–Trinajstić information content (AvgIpc) is 2.95. The van der Waals surface area contributed by atoms with Crippen molar-refractivity contribution in [1.29, 1.82) is 0 Å². The van der Waals surface area contributed by atoms with Crippen molar-refractivity contribution >= 4 is 27.8 Å². The van der Waals surface area contributed by atoms with Crippen molar-refractivity contribution in [3.8, 4) is 11.5 Å². The maximum absolute atomic E-state index is 12.5. The third-order valence-electron chi connectivity index (χ3n) is 3.73. The fourth-order valence-electron chi connectivity index (χ4n) is 2.64. The Kier molecular flexibility index (Phi) is 3.75. The fourth-order valence-corrected chi connectivity index (χ4v) is 3.19. The van der Waals surface area contributed by atoms with E-state index in [0.717, 1.165) is 0 Å². The molecule has 3 rings (SSSR count). The Bertz CT molecular complexity index is 603. The van der Waals surface area contributed by atoms with E-state index in [4.69, 9.17) is 14.6 Å². The monoisotopic (exact) mass is 355 g/mol. The highest BCUT2D eigenvalue weighted by Crippen LogP contribution is 2.40. The maximum Gasteiger partial charge on any atom is 0.308 e. The van der Waals surface area contributed by atoms with Crippen molar-refractivity contribution in [3.63, 3.8) is 0 Å². The molecule has 0 saturated carbocycles. The normalized spacial score (nSPS) is 20.4. The van der Waals surface area contributed by atoms with Gasteiger partial charge in [0, 0.05) is 18.7 Å². The van der Waals surface area contributed by atoms with Gasteiger partial charge in [-0.1, -0.05) is 0 Å². The quantitative estimate of drug-likeness (QED) is 0.879. The number of hydrogen-bond acceptors (Lipinski definition) is 4. The molecule has 7 heteroatoms. The summed E-state index contributed by atoms with van der Waals surface area (Å²) in [5.41, 5.74) is 0.470. The second kappa shape index (κ2) is 5.55. The van der Waals surface area contributed by atoms with Crippen molar-refractivity contribution in [1.82, 2.24) is 4.90 Å². The summed E-state index contributed by atoms with van der Waals surface area (Å²) in [6.45, 7) is 0.964. The van der Waals surface area contributed by atoms with Crippen LogP contribution in [0.2, 0.25) is 0 Å². The predicted octanol–water partition coefficient (Wildman–Crippen LogP) is 2.11. The Morgan fingerprint density at radius 2 is 2.14 bits per heavy atom. The molecule has 2 heterocycles. The van der Waals surface area contributed by atoms with Crippen molar-refractivity contribution < 1.29 is 24.2 Å². The Hall–Kier alpha value is -1.76. The molecule has 0 bridgehead atoms. The van der Waals surface area contributed by atoms with Crippen LogP contribution < -0.4 is 9.47 Å². The van der Waals surface area contributed by atoms with Gasteiger partial charge in [-0.05, 0) is 40.9 Å². The first-order chi connectivity index (χ1) is 10.1. The molecule has 0 radical (unpaired) electrons. The smallest absolute Gasteiger partial charge is 0.308 e. The van der Waals surface area contributed by atoms with Gasteiger partial charge < -0.3 is 19.5 Å². The molecule has 1 atom stereocenters. The van der Waals surface area contributed by atoms with Gasteiger partial charge in [0.05, 0.1) is 10.4 Å². The summed E-state index contributed by atoms with van der Waals surface area (Å²) in [6, 6.07) is 3.32. The van der Waals surface area contributed by atoms with Crippen LogP contribution in [0.1, 0.15) is 23.2 Å². The molecule has 6 nitrogen and oxygen atoms in total. The molecule has 1 N–H and O–H groups in total. The van der Waals surface area contributed by atoms with Gasteiger partial charge in [0.25, 0.3) is 5.91 Å². The third-order valence-corrected chi connectivity index (χ3v) is 4.32. The molecular formula is C14H14BrNO5. The van der Waals surface area contributed by atoms with Gasteiger partial charge in [-0.2, -0.15) is 0 Å². The van der Waals surface area contributed by atoms with E-state index in [1.807, 2.05) is 0 Å². The zero-order chi connectivity index (χ0) is 15.0. The standard InChI is InChI=1S/C14H14BrNO5/c15-10-4-9(5-11-12(10)21-7-20-11)13(17)16-3-1-2-8(6-16)14(18)19/h4-5,8H,1-3,6-7H2,(H,18,19). The van der Waals surface area contributed by atoms with Crippen LogP contribution in [0.25, 0.3) is 0 Å². The second-order valence-electron chi connectivity index (χ2n) is 5.12. The number of aliphatic carboxylic acids is 1. The second-order valence-corrected chi connectivity index (χ2v) is 5.97. The minimum atomic E-state index is -0.848. The number of likely N-dealkylation sites (tertiary alicyclic amines) is 1. The summed E-state index contributed by atoms with van der Waals surface area (Å²) in [5, 5.41) is 9.10. The molecule has 1 unspecified atom stereocenters. The van der Waals surface area contributed by atoms with Gasteiger partial charge in [-0.3, -0.25) is 9.59 Å². The van der Waals surface area contributed by atoms with E-state index in [1.165, 1.54) is 0 Å². The number of fused-ring (bicyclic) bond motifs is 1. The number of carboxylic acid groups (broad SMARTS) is 1. The molecule has 2 aliphatic heterocycles. The first-order valence-electron chi connectivity index (χ1n) is 6.67. The fraction of sp³-hybridized carbons (Fsp3) is 0.429. The summed E-state index contributed by atoms with van der Waals surface area (Å²) in [4.78, 5) is 25.2. The number of carbonyl (C=O) groups excluding carboxylic acids is 1. The number of hydrogen-bond donors (Lipinski definition) is 1. The molecule has 1 aromatic rings. The van der Waals surface area contributed by atoms with Gasteiger partial charge >= 0.3 is 5.97 Å². The molecule has 0 aliphatic carbocycles. The van der Waals surface area contributed by atoms with E-state index >= 15 is 0 Å². The Morgan fingerprint density at radius 3 is 2.90 bits per heavy atom. The molecular weight excluding hydrogens is 342 g/mol. The average molecular weight is 356 g/mol. The van der Waals surface area contributed by atoms with Gasteiger partial charge in [-0.25, -0.2) is 0 Å². The van der Waals surface area contributed by atoms with Crippen LogP contribution in [0, 0.1) is 5.92 Å². The number of carbonyl (C=O) groups is 2. The van der Waals surface area contributed by atoms with E-state index in [2.05, 4.69) is 15.9 Å². The molecule has 1 saturated heterocycles.